The van der Waals surface area contributed by atoms with Crippen LogP contribution in [0.4, 0.5) is 0 Å². The van der Waals surface area contributed by atoms with Crippen molar-refractivity contribution in [3.8, 4) is 11.3 Å². The molecule has 8 nitrogen and oxygen atoms in total. The highest BCUT2D eigenvalue weighted by molar-refractivity contribution is 6.36. The summed E-state index contributed by atoms with van der Waals surface area (Å²) in [4.78, 5) is 23.8. The summed E-state index contributed by atoms with van der Waals surface area (Å²) < 4.78 is 12.0. The fourth-order valence-corrected chi connectivity index (χ4v) is 3.85. The van der Waals surface area contributed by atoms with Crippen LogP contribution in [0.3, 0.4) is 0 Å². The molecular weight excluding hydrogens is 441 g/mol. The Kier molecular flexibility index (Phi) is 7.85. The number of halogens is 2. The van der Waals surface area contributed by atoms with Gasteiger partial charge in [-0.25, -0.2) is 9.97 Å². The zero-order valence-electron chi connectivity index (χ0n) is 17.7. The summed E-state index contributed by atoms with van der Waals surface area (Å²) in [5, 5.41) is 0.996. The van der Waals surface area contributed by atoms with Gasteiger partial charge in [0.2, 0.25) is 5.78 Å². The van der Waals surface area contributed by atoms with Crippen molar-refractivity contribution in [2.75, 3.05) is 40.5 Å². The van der Waals surface area contributed by atoms with E-state index in [9.17, 15) is 4.79 Å². The van der Waals surface area contributed by atoms with Crippen LogP contribution < -0.4 is 5.73 Å². The zero-order valence-corrected chi connectivity index (χ0v) is 19.2. The van der Waals surface area contributed by atoms with Gasteiger partial charge in [-0.15, -0.1) is 0 Å². The molecule has 0 saturated carbocycles. The second-order valence-electron chi connectivity index (χ2n) is 6.93. The van der Waals surface area contributed by atoms with Gasteiger partial charge in [0.1, 0.15) is 5.69 Å². The number of aryl methyl sites for hydroxylation is 1. The molecule has 0 atom stereocenters. The first-order valence-electron chi connectivity index (χ1n) is 9.72. The molecular formula is C21H25Cl2N5O3. The van der Waals surface area contributed by atoms with E-state index in [2.05, 4.69) is 9.97 Å². The van der Waals surface area contributed by atoms with E-state index in [1.54, 1.807) is 41.8 Å². The summed E-state index contributed by atoms with van der Waals surface area (Å²) in [6, 6.07) is 5.24. The molecule has 10 heteroatoms. The van der Waals surface area contributed by atoms with Gasteiger partial charge >= 0.3 is 0 Å². The highest BCUT2D eigenvalue weighted by atomic mass is 35.5. The highest BCUT2D eigenvalue weighted by Crippen LogP contribution is 2.34. The first-order valence-corrected chi connectivity index (χ1v) is 10.5. The third-order valence-corrected chi connectivity index (χ3v) is 5.49. The maximum atomic E-state index is 13.2. The van der Waals surface area contributed by atoms with E-state index in [0.717, 1.165) is 22.5 Å². The van der Waals surface area contributed by atoms with Crippen molar-refractivity contribution in [3.63, 3.8) is 0 Å². The lowest BCUT2D eigenvalue weighted by molar-refractivity contribution is 0.0622. The number of nitrogens with two attached hydrogens (primary N) is 1. The van der Waals surface area contributed by atoms with Gasteiger partial charge in [0.15, 0.2) is 0 Å². The number of hydrogen-bond donors (Lipinski definition) is 1. The Morgan fingerprint density at radius 2 is 1.84 bits per heavy atom. The molecule has 0 bridgehead atoms. The SMILES string of the molecule is COCCN(CCOC)C(=O)c1cn2c(-c3ccc(Cl)cc3Cl)c(CN)c(C)nc2n1. The van der Waals surface area contributed by atoms with Crippen LogP contribution in [0.15, 0.2) is 24.4 Å². The molecule has 3 aromatic rings. The van der Waals surface area contributed by atoms with Crippen molar-refractivity contribution in [1.82, 2.24) is 19.3 Å². The number of carbonyl (C=O) groups is 1. The van der Waals surface area contributed by atoms with Crippen LogP contribution in [0.1, 0.15) is 21.7 Å². The molecule has 0 aliphatic rings. The van der Waals surface area contributed by atoms with E-state index in [-0.39, 0.29) is 18.1 Å². The third-order valence-electron chi connectivity index (χ3n) is 4.95. The summed E-state index contributed by atoms with van der Waals surface area (Å²) in [5.41, 5.74) is 9.30. The molecule has 0 aliphatic carbocycles. The summed E-state index contributed by atoms with van der Waals surface area (Å²) in [6.45, 7) is 3.76. The van der Waals surface area contributed by atoms with E-state index in [0.29, 0.717) is 42.1 Å². The van der Waals surface area contributed by atoms with Gasteiger partial charge in [0.05, 0.1) is 23.9 Å². The normalized spacial score (nSPS) is 11.3. The molecule has 0 fully saturated rings. The Labute approximate surface area is 190 Å². The van der Waals surface area contributed by atoms with Crippen LogP contribution >= 0.6 is 23.2 Å². The smallest absolute Gasteiger partial charge is 0.274 e. The lowest BCUT2D eigenvalue weighted by atomic mass is 10.0. The fraction of sp³-hybridized carbons (Fsp3) is 0.381. The van der Waals surface area contributed by atoms with Gasteiger partial charge in [0, 0.05) is 61.9 Å². The van der Waals surface area contributed by atoms with Crippen molar-refractivity contribution in [3.05, 3.63) is 51.4 Å². The molecule has 31 heavy (non-hydrogen) atoms. The Morgan fingerprint density at radius 1 is 1.16 bits per heavy atom. The maximum absolute atomic E-state index is 13.2. The van der Waals surface area contributed by atoms with Crippen LogP contribution in [0, 0.1) is 6.92 Å². The van der Waals surface area contributed by atoms with Crippen LogP contribution in [0.25, 0.3) is 17.0 Å². The van der Waals surface area contributed by atoms with Gasteiger partial charge in [-0.2, -0.15) is 0 Å². The average molecular weight is 466 g/mol. The number of imidazole rings is 1. The number of ether oxygens (including phenoxy) is 2. The van der Waals surface area contributed by atoms with Crippen molar-refractivity contribution < 1.29 is 14.3 Å². The predicted octanol–water partition coefficient (Wildman–Crippen LogP) is 3.21. The van der Waals surface area contributed by atoms with Crippen LogP contribution in [0.2, 0.25) is 10.0 Å². The molecule has 2 heterocycles. The van der Waals surface area contributed by atoms with E-state index < -0.39 is 0 Å². The van der Waals surface area contributed by atoms with Crippen molar-refractivity contribution in [2.24, 2.45) is 5.73 Å². The minimum Gasteiger partial charge on any atom is -0.383 e. The molecule has 0 aliphatic heterocycles. The number of carbonyl (C=O) groups excluding carboxylic acids is 1. The highest BCUT2D eigenvalue weighted by Gasteiger charge is 2.23. The van der Waals surface area contributed by atoms with Crippen molar-refractivity contribution in [1.29, 1.82) is 0 Å². The van der Waals surface area contributed by atoms with Crippen LogP contribution in [0.5, 0.6) is 0 Å². The summed E-state index contributed by atoms with van der Waals surface area (Å²) in [6.07, 6.45) is 1.66. The zero-order chi connectivity index (χ0) is 22.5. The van der Waals surface area contributed by atoms with Gasteiger partial charge in [-0.05, 0) is 25.1 Å². The van der Waals surface area contributed by atoms with E-state index in [1.807, 2.05) is 13.0 Å². The standard InChI is InChI=1S/C21H25Cl2N5O3/c1-13-16(11-24)19(15-5-4-14(22)10-17(15)23)28-12-18(26-21(28)25-13)20(29)27(6-8-30-2)7-9-31-3/h4-5,10,12H,6-9,11,24H2,1-3H3. The third kappa shape index (κ3) is 4.99. The number of methoxy groups -OCH3 is 2. The number of aromatic nitrogens is 3. The number of benzene rings is 1. The number of amides is 1. The summed E-state index contributed by atoms with van der Waals surface area (Å²) >= 11 is 12.6. The predicted molar refractivity (Wildman–Crippen MR) is 121 cm³/mol. The minimum atomic E-state index is -0.236. The lowest BCUT2D eigenvalue weighted by Crippen LogP contribution is -2.36. The number of fused-ring (bicyclic) bond motifs is 1. The first-order chi connectivity index (χ1) is 14.9. The van der Waals surface area contributed by atoms with Crippen molar-refractivity contribution in [2.45, 2.75) is 13.5 Å². The molecule has 2 N–H and O–H groups in total. The maximum Gasteiger partial charge on any atom is 0.274 e. The summed E-state index contributed by atoms with van der Waals surface area (Å²) in [5.74, 6) is 0.150. The van der Waals surface area contributed by atoms with Gasteiger partial charge < -0.3 is 20.1 Å². The number of rotatable bonds is 9. The second-order valence-corrected chi connectivity index (χ2v) is 7.77. The van der Waals surface area contributed by atoms with E-state index in [4.69, 9.17) is 38.4 Å². The monoisotopic (exact) mass is 465 g/mol. The number of hydrogen-bond acceptors (Lipinski definition) is 6. The quantitative estimate of drug-likeness (QED) is 0.521. The number of nitrogens with zero attached hydrogens (tertiary/aromatic N) is 4. The van der Waals surface area contributed by atoms with Gasteiger partial charge in [-0.3, -0.25) is 9.20 Å². The second kappa shape index (κ2) is 10.4. The molecule has 0 spiro atoms. The lowest BCUT2D eigenvalue weighted by Gasteiger charge is -2.20. The average Bonchev–Trinajstić information content (AvgIpc) is 3.16. The Bertz CT molecular complexity index is 1080. The molecule has 1 amide bonds. The fourth-order valence-electron chi connectivity index (χ4n) is 3.35. The Hall–Kier alpha value is -2.23. The molecule has 166 valence electrons. The molecule has 0 radical (unpaired) electrons. The van der Waals surface area contributed by atoms with E-state index in [1.165, 1.54) is 0 Å². The van der Waals surface area contributed by atoms with Crippen molar-refractivity contribution >= 4 is 34.9 Å². The topological polar surface area (TPSA) is 95.0 Å². The van der Waals surface area contributed by atoms with Gasteiger partial charge in [-0.1, -0.05) is 23.2 Å². The molecule has 2 aromatic heterocycles. The summed E-state index contributed by atoms with van der Waals surface area (Å²) in [7, 11) is 3.18. The van der Waals surface area contributed by atoms with Crippen LogP contribution in [-0.2, 0) is 16.0 Å². The first kappa shape index (κ1) is 23.4. The van der Waals surface area contributed by atoms with E-state index >= 15 is 0 Å². The van der Waals surface area contributed by atoms with Crippen LogP contribution in [-0.4, -0.2) is 65.7 Å². The molecule has 1 aromatic carbocycles. The largest absolute Gasteiger partial charge is 0.383 e. The minimum absolute atomic E-state index is 0.236. The van der Waals surface area contributed by atoms with Gasteiger partial charge in [0.25, 0.3) is 5.91 Å². The Morgan fingerprint density at radius 3 is 2.42 bits per heavy atom. The Balaban J connectivity index is 2.14. The molecule has 0 unspecified atom stereocenters. The molecule has 0 saturated heterocycles. The molecule has 3 rings (SSSR count).